The summed E-state index contributed by atoms with van der Waals surface area (Å²) in [6, 6.07) is 5.55. The van der Waals surface area contributed by atoms with Gasteiger partial charge in [0.25, 0.3) is 0 Å². The van der Waals surface area contributed by atoms with E-state index in [0.717, 1.165) is 11.1 Å². The van der Waals surface area contributed by atoms with Crippen molar-refractivity contribution in [3.05, 3.63) is 46.1 Å². The first-order chi connectivity index (χ1) is 12.9. The maximum Gasteiger partial charge on any atom is 0.320 e. The van der Waals surface area contributed by atoms with Crippen molar-refractivity contribution in [2.45, 2.75) is 33.0 Å². The van der Waals surface area contributed by atoms with Gasteiger partial charge in [0.15, 0.2) is 6.29 Å². The third-order valence-corrected chi connectivity index (χ3v) is 4.12. The van der Waals surface area contributed by atoms with E-state index in [1.165, 1.54) is 14.2 Å². The zero-order valence-electron chi connectivity index (χ0n) is 16.8. The Hall–Kier alpha value is -2.51. The number of nitrogens with zero attached hydrogens (tertiary/aromatic N) is 2. The molecule has 0 aliphatic heterocycles. The molecule has 0 amide bonds. The second-order valence-corrected chi connectivity index (χ2v) is 6.40. The van der Waals surface area contributed by atoms with Gasteiger partial charge in [-0.15, -0.1) is 0 Å². The van der Waals surface area contributed by atoms with Crippen LogP contribution in [0.15, 0.2) is 18.2 Å². The van der Waals surface area contributed by atoms with E-state index in [9.17, 15) is 4.79 Å². The van der Waals surface area contributed by atoms with Crippen LogP contribution in [0.5, 0.6) is 11.9 Å². The van der Waals surface area contributed by atoms with Crippen LogP contribution >= 0.6 is 0 Å². The molecule has 0 saturated carbocycles. The Kier molecular flexibility index (Phi) is 6.87. The van der Waals surface area contributed by atoms with Gasteiger partial charge in [0.2, 0.25) is 11.7 Å². The van der Waals surface area contributed by atoms with Crippen LogP contribution in [0.25, 0.3) is 0 Å². The lowest BCUT2D eigenvalue weighted by molar-refractivity contribution is -0.106. The normalized spacial score (nSPS) is 11.1. The molecule has 1 aromatic carbocycles. The van der Waals surface area contributed by atoms with Gasteiger partial charge in [-0.05, 0) is 30.5 Å². The van der Waals surface area contributed by atoms with Crippen LogP contribution in [0.1, 0.15) is 58.8 Å². The summed E-state index contributed by atoms with van der Waals surface area (Å²) in [5.74, 6) is 0.0770. The highest BCUT2D eigenvalue weighted by Crippen LogP contribution is 2.31. The average molecular weight is 374 g/mol. The highest BCUT2D eigenvalue weighted by atomic mass is 16.7. The van der Waals surface area contributed by atoms with Gasteiger partial charge in [-0.1, -0.05) is 19.9 Å². The number of aromatic nitrogens is 2. The first kappa shape index (κ1) is 20.8. The molecule has 0 bridgehead atoms. The lowest BCUT2D eigenvalue weighted by Crippen LogP contribution is -2.14. The third kappa shape index (κ3) is 4.43. The molecular weight excluding hydrogens is 348 g/mol. The van der Waals surface area contributed by atoms with E-state index in [-0.39, 0.29) is 23.4 Å². The van der Waals surface area contributed by atoms with Crippen LogP contribution in [-0.4, -0.2) is 44.2 Å². The molecule has 0 aliphatic carbocycles. The van der Waals surface area contributed by atoms with Crippen LogP contribution in [0.3, 0.4) is 0 Å². The molecule has 0 unspecified atom stereocenters. The zero-order valence-corrected chi connectivity index (χ0v) is 16.8. The summed E-state index contributed by atoms with van der Waals surface area (Å²) in [5, 5.41) is 0. The molecule has 146 valence electrons. The van der Waals surface area contributed by atoms with E-state index < -0.39 is 6.29 Å². The van der Waals surface area contributed by atoms with Gasteiger partial charge in [-0.2, -0.15) is 9.97 Å². The molecular formula is C20H26N2O5. The Morgan fingerprint density at radius 1 is 0.963 bits per heavy atom. The van der Waals surface area contributed by atoms with E-state index in [4.69, 9.17) is 18.9 Å². The van der Waals surface area contributed by atoms with E-state index >= 15 is 0 Å². The SMILES string of the molecule is COc1nc(OC)c(C(C)C)c(C(=O)c2cc(C)cc(C(OC)OC)c2)n1. The van der Waals surface area contributed by atoms with Crippen molar-refractivity contribution in [2.24, 2.45) is 0 Å². The molecule has 2 aromatic rings. The predicted octanol–water partition coefficient (Wildman–Crippen LogP) is 3.45. The van der Waals surface area contributed by atoms with E-state index in [2.05, 4.69) is 9.97 Å². The fourth-order valence-corrected chi connectivity index (χ4v) is 2.95. The second-order valence-electron chi connectivity index (χ2n) is 6.40. The van der Waals surface area contributed by atoms with Gasteiger partial charge in [0.1, 0.15) is 5.69 Å². The number of carbonyl (C=O) groups excluding carboxylic acids is 1. The molecule has 1 heterocycles. The molecule has 0 fully saturated rings. The summed E-state index contributed by atoms with van der Waals surface area (Å²) >= 11 is 0. The second kappa shape index (κ2) is 8.92. The quantitative estimate of drug-likeness (QED) is 0.517. The molecule has 2 rings (SSSR count). The summed E-state index contributed by atoms with van der Waals surface area (Å²) in [4.78, 5) is 21.9. The lowest BCUT2D eigenvalue weighted by Gasteiger charge is -2.17. The van der Waals surface area contributed by atoms with Crippen LogP contribution in [0, 0.1) is 6.92 Å². The molecule has 0 spiro atoms. The van der Waals surface area contributed by atoms with Crippen molar-refractivity contribution < 1.29 is 23.7 Å². The third-order valence-electron chi connectivity index (χ3n) is 4.12. The topological polar surface area (TPSA) is 79.8 Å². The fraction of sp³-hybridized carbons (Fsp3) is 0.450. The predicted molar refractivity (Wildman–Crippen MR) is 101 cm³/mol. The van der Waals surface area contributed by atoms with Gasteiger partial charge >= 0.3 is 6.01 Å². The molecule has 7 heteroatoms. The number of ketones is 1. The number of methoxy groups -OCH3 is 4. The average Bonchev–Trinajstić information content (AvgIpc) is 2.66. The minimum absolute atomic E-state index is 0.0141. The van der Waals surface area contributed by atoms with Gasteiger partial charge in [-0.3, -0.25) is 4.79 Å². The van der Waals surface area contributed by atoms with E-state index in [1.54, 1.807) is 26.4 Å². The highest BCUT2D eigenvalue weighted by Gasteiger charge is 2.25. The van der Waals surface area contributed by atoms with Crippen molar-refractivity contribution in [2.75, 3.05) is 28.4 Å². The number of hydrogen-bond donors (Lipinski definition) is 0. The van der Waals surface area contributed by atoms with Gasteiger partial charge in [0, 0.05) is 30.9 Å². The lowest BCUT2D eigenvalue weighted by atomic mass is 9.95. The van der Waals surface area contributed by atoms with Crippen LogP contribution in [-0.2, 0) is 9.47 Å². The van der Waals surface area contributed by atoms with Crippen molar-refractivity contribution >= 4 is 5.78 Å². The fourth-order valence-electron chi connectivity index (χ4n) is 2.95. The number of carbonyl (C=O) groups is 1. The highest BCUT2D eigenvalue weighted by molar-refractivity contribution is 6.09. The van der Waals surface area contributed by atoms with Gasteiger partial charge in [0.05, 0.1) is 14.2 Å². The molecule has 7 nitrogen and oxygen atoms in total. The summed E-state index contributed by atoms with van der Waals surface area (Å²) < 4.78 is 21.2. The van der Waals surface area contributed by atoms with Crippen LogP contribution in [0.2, 0.25) is 0 Å². The minimum atomic E-state index is -0.560. The van der Waals surface area contributed by atoms with Crippen molar-refractivity contribution in [1.29, 1.82) is 0 Å². The van der Waals surface area contributed by atoms with Crippen molar-refractivity contribution in [3.8, 4) is 11.9 Å². The Labute approximate surface area is 159 Å². The van der Waals surface area contributed by atoms with Crippen molar-refractivity contribution in [3.63, 3.8) is 0 Å². The van der Waals surface area contributed by atoms with Crippen molar-refractivity contribution in [1.82, 2.24) is 9.97 Å². The summed E-state index contributed by atoms with van der Waals surface area (Å²) in [7, 11) is 6.06. The monoisotopic (exact) mass is 374 g/mol. The Morgan fingerprint density at radius 2 is 1.63 bits per heavy atom. The van der Waals surface area contributed by atoms with E-state index in [0.29, 0.717) is 17.0 Å². The van der Waals surface area contributed by atoms with Gasteiger partial charge in [-0.25, -0.2) is 0 Å². The first-order valence-corrected chi connectivity index (χ1v) is 8.58. The maximum absolute atomic E-state index is 13.3. The van der Waals surface area contributed by atoms with Crippen LogP contribution in [0.4, 0.5) is 0 Å². The first-order valence-electron chi connectivity index (χ1n) is 8.58. The Bertz CT molecular complexity index is 816. The van der Waals surface area contributed by atoms with E-state index in [1.807, 2.05) is 26.8 Å². The number of hydrogen-bond acceptors (Lipinski definition) is 7. The maximum atomic E-state index is 13.3. The number of ether oxygens (including phenoxy) is 4. The Morgan fingerprint density at radius 3 is 2.15 bits per heavy atom. The molecule has 0 radical (unpaired) electrons. The summed E-state index contributed by atoms with van der Waals surface area (Å²) in [5.41, 5.74) is 3.04. The van der Waals surface area contributed by atoms with Crippen LogP contribution < -0.4 is 9.47 Å². The molecule has 0 aliphatic rings. The summed E-state index contributed by atoms with van der Waals surface area (Å²) in [6.45, 7) is 5.82. The number of rotatable bonds is 8. The summed E-state index contributed by atoms with van der Waals surface area (Å²) in [6.07, 6.45) is -0.560. The molecule has 27 heavy (non-hydrogen) atoms. The Balaban J connectivity index is 2.64. The largest absolute Gasteiger partial charge is 0.481 e. The minimum Gasteiger partial charge on any atom is -0.481 e. The zero-order chi connectivity index (χ0) is 20.1. The number of benzene rings is 1. The van der Waals surface area contributed by atoms with Gasteiger partial charge < -0.3 is 18.9 Å². The molecule has 0 N–H and O–H groups in total. The smallest absolute Gasteiger partial charge is 0.320 e. The molecule has 0 atom stereocenters. The standard InChI is InChI=1S/C20H26N2O5/c1-11(2)15-16(21-20(27-7)22-18(15)24-4)17(23)13-8-12(3)9-14(10-13)19(25-5)26-6/h8-11,19H,1-7H3. The molecule has 1 aromatic heterocycles. The number of aryl methyl sites for hydroxylation is 1. The molecule has 0 saturated heterocycles.